The van der Waals surface area contributed by atoms with E-state index in [-0.39, 0.29) is 12.4 Å². The van der Waals surface area contributed by atoms with Crippen molar-refractivity contribution in [3.8, 4) is 0 Å². The Bertz CT molecular complexity index is 438. The minimum absolute atomic E-state index is 0. The van der Waals surface area contributed by atoms with E-state index in [2.05, 4.69) is 34.1 Å². The standard InChI is InChI=1S/C11H16N4S.ClH/c1-8-11(16-9(2)15-8)3-4-12-5-10-6-13-7-14-10;/h6-7,12H,3-5H2,1-2H3,(H,13,14);1H. The van der Waals surface area contributed by atoms with Gasteiger partial charge < -0.3 is 10.3 Å². The normalized spacial score (nSPS) is 10.2. The number of thiazole rings is 1. The van der Waals surface area contributed by atoms with Gasteiger partial charge in [0, 0.05) is 29.9 Å². The van der Waals surface area contributed by atoms with Crippen LogP contribution in [0.2, 0.25) is 0 Å². The SMILES string of the molecule is Cc1nc(C)c(CCNCc2cnc[nH]2)s1.Cl. The van der Waals surface area contributed by atoms with Gasteiger partial charge in [0.15, 0.2) is 0 Å². The average molecular weight is 273 g/mol. The van der Waals surface area contributed by atoms with Gasteiger partial charge in [-0.1, -0.05) is 0 Å². The molecule has 0 aliphatic rings. The second kappa shape index (κ2) is 6.74. The lowest BCUT2D eigenvalue weighted by molar-refractivity contribution is 0.679. The highest BCUT2D eigenvalue weighted by Crippen LogP contribution is 2.16. The number of imidazole rings is 1. The van der Waals surface area contributed by atoms with Gasteiger partial charge in [-0.15, -0.1) is 23.7 Å². The average Bonchev–Trinajstić information content (AvgIpc) is 2.84. The number of aromatic amines is 1. The van der Waals surface area contributed by atoms with E-state index < -0.39 is 0 Å². The number of aryl methyl sites for hydroxylation is 2. The van der Waals surface area contributed by atoms with Gasteiger partial charge in [-0.05, 0) is 20.3 Å². The van der Waals surface area contributed by atoms with Crippen LogP contribution in [0.4, 0.5) is 0 Å². The van der Waals surface area contributed by atoms with E-state index in [0.29, 0.717) is 0 Å². The van der Waals surface area contributed by atoms with Crippen LogP contribution in [0.25, 0.3) is 0 Å². The molecule has 94 valence electrons. The Morgan fingerprint density at radius 3 is 2.82 bits per heavy atom. The molecule has 2 heterocycles. The number of nitrogens with zero attached hydrogens (tertiary/aromatic N) is 2. The van der Waals surface area contributed by atoms with Gasteiger partial charge in [-0.3, -0.25) is 0 Å². The lowest BCUT2D eigenvalue weighted by Gasteiger charge is -2.01. The zero-order valence-corrected chi connectivity index (χ0v) is 11.6. The molecule has 2 N–H and O–H groups in total. The third kappa shape index (κ3) is 4.11. The fraction of sp³-hybridized carbons (Fsp3) is 0.455. The Kier molecular flexibility index (Phi) is 5.61. The molecule has 2 rings (SSSR count). The van der Waals surface area contributed by atoms with E-state index in [9.17, 15) is 0 Å². The minimum atomic E-state index is 0. The van der Waals surface area contributed by atoms with Gasteiger partial charge in [0.2, 0.25) is 0 Å². The van der Waals surface area contributed by atoms with Gasteiger partial charge in [0.05, 0.1) is 17.0 Å². The molecule has 0 atom stereocenters. The Balaban J connectivity index is 0.00000144. The maximum Gasteiger partial charge on any atom is 0.0922 e. The van der Waals surface area contributed by atoms with Crippen molar-refractivity contribution in [2.45, 2.75) is 26.8 Å². The summed E-state index contributed by atoms with van der Waals surface area (Å²) in [6, 6.07) is 0. The molecule has 0 aliphatic carbocycles. The van der Waals surface area contributed by atoms with Crippen molar-refractivity contribution in [1.29, 1.82) is 0 Å². The number of aromatic nitrogens is 3. The number of halogens is 1. The molecule has 0 aromatic carbocycles. The van der Waals surface area contributed by atoms with Crippen LogP contribution in [0.3, 0.4) is 0 Å². The van der Waals surface area contributed by atoms with Gasteiger partial charge in [0.25, 0.3) is 0 Å². The van der Waals surface area contributed by atoms with Crippen LogP contribution in [0.1, 0.15) is 21.3 Å². The minimum Gasteiger partial charge on any atom is -0.347 e. The summed E-state index contributed by atoms with van der Waals surface area (Å²) in [5, 5.41) is 4.53. The summed E-state index contributed by atoms with van der Waals surface area (Å²) in [4.78, 5) is 12.8. The number of hydrogen-bond donors (Lipinski definition) is 2. The third-order valence-corrected chi connectivity index (χ3v) is 3.53. The van der Waals surface area contributed by atoms with Crippen molar-refractivity contribution in [3.05, 3.63) is 33.8 Å². The van der Waals surface area contributed by atoms with Crippen LogP contribution in [0.5, 0.6) is 0 Å². The van der Waals surface area contributed by atoms with Crippen molar-refractivity contribution in [2.75, 3.05) is 6.54 Å². The van der Waals surface area contributed by atoms with Crippen molar-refractivity contribution < 1.29 is 0 Å². The molecule has 2 aromatic heterocycles. The largest absolute Gasteiger partial charge is 0.347 e. The van der Waals surface area contributed by atoms with Crippen LogP contribution in [-0.4, -0.2) is 21.5 Å². The summed E-state index contributed by atoms with van der Waals surface area (Å²) in [6.07, 6.45) is 4.59. The third-order valence-electron chi connectivity index (χ3n) is 2.40. The van der Waals surface area contributed by atoms with Gasteiger partial charge >= 0.3 is 0 Å². The summed E-state index contributed by atoms with van der Waals surface area (Å²) in [5.41, 5.74) is 2.29. The van der Waals surface area contributed by atoms with Crippen LogP contribution < -0.4 is 5.32 Å². The molecular formula is C11H17ClN4S. The molecule has 0 amide bonds. The first-order valence-electron chi connectivity index (χ1n) is 5.36. The summed E-state index contributed by atoms with van der Waals surface area (Å²) in [7, 11) is 0. The van der Waals surface area contributed by atoms with Crippen LogP contribution in [0.15, 0.2) is 12.5 Å². The molecule has 17 heavy (non-hydrogen) atoms. The molecule has 0 saturated heterocycles. The first-order valence-corrected chi connectivity index (χ1v) is 6.18. The highest BCUT2D eigenvalue weighted by atomic mass is 35.5. The molecule has 0 radical (unpaired) electrons. The number of H-pyrrole nitrogens is 1. The predicted molar refractivity (Wildman–Crippen MR) is 72.8 cm³/mol. The lowest BCUT2D eigenvalue weighted by atomic mass is 10.3. The number of hydrogen-bond acceptors (Lipinski definition) is 4. The van der Waals surface area contributed by atoms with E-state index in [0.717, 1.165) is 30.2 Å². The Morgan fingerprint density at radius 2 is 2.24 bits per heavy atom. The molecule has 6 heteroatoms. The van der Waals surface area contributed by atoms with Gasteiger partial charge in [0.1, 0.15) is 0 Å². The topological polar surface area (TPSA) is 53.6 Å². The molecule has 0 unspecified atom stereocenters. The summed E-state index contributed by atoms with van der Waals surface area (Å²) in [5.74, 6) is 0. The van der Waals surface area contributed by atoms with E-state index >= 15 is 0 Å². The van der Waals surface area contributed by atoms with Gasteiger partial charge in [-0.2, -0.15) is 0 Å². The fourth-order valence-electron chi connectivity index (χ4n) is 1.61. The predicted octanol–water partition coefficient (Wildman–Crippen LogP) is 2.24. The van der Waals surface area contributed by atoms with Crippen LogP contribution >= 0.6 is 23.7 Å². The second-order valence-corrected chi connectivity index (χ2v) is 5.03. The number of nitrogens with one attached hydrogen (secondary N) is 2. The smallest absolute Gasteiger partial charge is 0.0922 e. The van der Waals surface area contributed by atoms with Crippen molar-refractivity contribution in [2.24, 2.45) is 0 Å². The maximum atomic E-state index is 4.41. The van der Waals surface area contributed by atoms with E-state index in [1.807, 2.05) is 6.20 Å². The molecule has 0 spiro atoms. The molecule has 2 aromatic rings. The first kappa shape index (κ1) is 14.2. The summed E-state index contributed by atoms with van der Waals surface area (Å²) >= 11 is 1.79. The maximum absolute atomic E-state index is 4.41. The Labute approximate surface area is 111 Å². The van der Waals surface area contributed by atoms with Crippen LogP contribution in [0, 0.1) is 13.8 Å². The second-order valence-electron chi connectivity index (χ2n) is 3.75. The zero-order chi connectivity index (χ0) is 11.4. The van der Waals surface area contributed by atoms with E-state index in [1.165, 1.54) is 10.6 Å². The molecule has 0 aliphatic heterocycles. The zero-order valence-electron chi connectivity index (χ0n) is 9.99. The van der Waals surface area contributed by atoms with Crippen LogP contribution in [-0.2, 0) is 13.0 Å². The van der Waals surface area contributed by atoms with Gasteiger partial charge in [-0.25, -0.2) is 9.97 Å². The first-order chi connectivity index (χ1) is 7.75. The van der Waals surface area contributed by atoms with Crippen molar-refractivity contribution in [1.82, 2.24) is 20.3 Å². The molecule has 4 nitrogen and oxygen atoms in total. The highest BCUT2D eigenvalue weighted by molar-refractivity contribution is 7.11. The van der Waals surface area contributed by atoms with E-state index in [4.69, 9.17) is 0 Å². The van der Waals surface area contributed by atoms with E-state index in [1.54, 1.807) is 17.7 Å². The summed E-state index contributed by atoms with van der Waals surface area (Å²) in [6.45, 7) is 5.95. The lowest BCUT2D eigenvalue weighted by Crippen LogP contribution is -2.16. The van der Waals surface area contributed by atoms with Crippen molar-refractivity contribution in [3.63, 3.8) is 0 Å². The van der Waals surface area contributed by atoms with Crippen molar-refractivity contribution >= 4 is 23.7 Å². The molecule has 0 bridgehead atoms. The number of rotatable bonds is 5. The monoisotopic (exact) mass is 272 g/mol. The molecular weight excluding hydrogens is 256 g/mol. The summed E-state index contributed by atoms with van der Waals surface area (Å²) < 4.78 is 0. The molecule has 0 saturated carbocycles. The quantitative estimate of drug-likeness (QED) is 0.821. The Hall–Kier alpha value is -0.910. The molecule has 0 fully saturated rings. The highest BCUT2D eigenvalue weighted by Gasteiger charge is 2.03. The Morgan fingerprint density at radius 1 is 1.41 bits per heavy atom. The fourth-order valence-corrected chi connectivity index (χ4v) is 2.55.